The second-order valence-electron chi connectivity index (χ2n) is 2.82. The Morgan fingerprint density at radius 1 is 1.50 bits per heavy atom. The highest BCUT2D eigenvalue weighted by Gasteiger charge is 2.25. The topological polar surface area (TPSA) is 63.4 Å². The molecule has 1 saturated heterocycles. The molecule has 0 aromatic heterocycles. The molecular formula is C6H12N2O2S2. The lowest BCUT2D eigenvalue weighted by Gasteiger charge is -2.25. The summed E-state index contributed by atoms with van der Waals surface area (Å²) in [5.74, 6) is 0.232. The highest BCUT2D eigenvalue weighted by atomic mass is 32.2. The van der Waals surface area contributed by atoms with Gasteiger partial charge in [-0.3, -0.25) is 0 Å². The average Bonchev–Trinajstić information content (AvgIpc) is 1.92. The predicted octanol–water partition coefficient (Wildman–Crippen LogP) is -0.302. The van der Waals surface area contributed by atoms with Crippen molar-refractivity contribution in [3.63, 3.8) is 0 Å². The van der Waals surface area contributed by atoms with Crippen LogP contribution in [-0.2, 0) is 10.0 Å². The van der Waals surface area contributed by atoms with Crippen LogP contribution in [0.1, 0.15) is 12.8 Å². The summed E-state index contributed by atoms with van der Waals surface area (Å²) in [6, 6.07) is 0. The molecule has 1 heterocycles. The molecule has 0 radical (unpaired) electrons. The third-order valence-corrected chi connectivity index (χ3v) is 3.82. The van der Waals surface area contributed by atoms with E-state index in [0.29, 0.717) is 6.54 Å². The molecule has 0 aliphatic carbocycles. The lowest BCUT2D eigenvalue weighted by Crippen LogP contribution is -2.42. The fraction of sp³-hybridized carbons (Fsp3) is 0.833. The zero-order valence-corrected chi connectivity index (χ0v) is 8.33. The second kappa shape index (κ2) is 3.68. The number of hydrogen-bond donors (Lipinski definition) is 1. The molecule has 0 unspecified atom stereocenters. The van der Waals surface area contributed by atoms with Crippen LogP contribution in [0.25, 0.3) is 0 Å². The van der Waals surface area contributed by atoms with Crippen molar-refractivity contribution in [1.82, 2.24) is 4.31 Å². The molecule has 12 heavy (non-hydrogen) atoms. The standard InChI is InChI=1S/C6H12N2O2S2/c7-6(11)5-8-3-1-2-4-12(8,9)10/h1-5H2,(H2,7,11). The normalized spacial score (nSPS) is 23.7. The third-order valence-electron chi connectivity index (χ3n) is 1.79. The molecule has 0 aromatic rings. The molecule has 4 nitrogen and oxygen atoms in total. The molecule has 6 heteroatoms. The molecule has 70 valence electrons. The summed E-state index contributed by atoms with van der Waals surface area (Å²) in [5.41, 5.74) is 5.27. The Hall–Kier alpha value is -0.200. The van der Waals surface area contributed by atoms with Crippen molar-refractivity contribution < 1.29 is 8.42 Å². The van der Waals surface area contributed by atoms with Gasteiger partial charge in [0.05, 0.1) is 17.3 Å². The van der Waals surface area contributed by atoms with Gasteiger partial charge in [0.1, 0.15) is 0 Å². The van der Waals surface area contributed by atoms with Gasteiger partial charge >= 0.3 is 0 Å². The molecule has 0 aromatic carbocycles. The van der Waals surface area contributed by atoms with Gasteiger partial charge in [-0.15, -0.1) is 0 Å². The van der Waals surface area contributed by atoms with Gasteiger partial charge in [-0.2, -0.15) is 4.31 Å². The van der Waals surface area contributed by atoms with E-state index in [4.69, 9.17) is 5.73 Å². The highest BCUT2D eigenvalue weighted by molar-refractivity contribution is 7.89. The fourth-order valence-electron chi connectivity index (χ4n) is 1.19. The van der Waals surface area contributed by atoms with Gasteiger partial charge in [-0.1, -0.05) is 12.2 Å². The van der Waals surface area contributed by atoms with E-state index in [9.17, 15) is 8.42 Å². The summed E-state index contributed by atoms with van der Waals surface area (Å²) in [4.78, 5) is 0.237. The lowest BCUT2D eigenvalue weighted by atomic mass is 10.3. The minimum Gasteiger partial charge on any atom is -0.392 e. The van der Waals surface area contributed by atoms with Crippen LogP contribution >= 0.6 is 12.2 Å². The van der Waals surface area contributed by atoms with Crippen molar-refractivity contribution in [2.24, 2.45) is 5.73 Å². The van der Waals surface area contributed by atoms with E-state index in [1.807, 2.05) is 0 Å². The van der Waals surface area contributed by atoms with Gasteiger partial charge in [0.15, 0.2) is 0 Å². The van der Waals surface area contributed by atoms with Crippen molar-refractivity contribution in [1.29, 1.82) is 0 Å². The smallest absolute Gasteiger partial charge is 0.214 e. The summed E-state index contributed by atoms with van der Waals surface area (Å²) < 4.78 is 24.0. The number of nitrogens with two attached hydrogens (primary N) is 1. The Morgan fingerprint density at radius 3 is 2.67 bits per heavy atom. The molecule has 2 N–H and O–H groups in total. The molecule has 0 spiro atoms. The molecule has 0 amide bonds. The maximum absolute atomic E-state index is 11.3. The van der Waals surface area contributed by atoms with E-state index in [0.717, 1.165) is 12.8 Å². The number of thiocarbonyl (C=S) groups is 1. The average molecular weight is 208 g/mol. The van der Waals surface area contributed by atoms with E-state index in [1.54, 1.807) is 0 Å². The Morgan fingerprint density at radius 2 is 2.17 bits per heavy atom. The zero-order chi connectivity index (χ0) is 9.19. The van der Waals surface area contributed by atoms with Gasteiger partial charge in [0.25, 0.3) is 0 Å². The van der Waals surface area contributed by atoms with Crippen LogP contribution in [0.2, 0.25) is 0 Å². The van der Waals surface area contributed by atoms with Gasteiger partial charge in [0, 0.05) is 6.54 Å². The summed E-state index contributed by atoms with van der Waals surface area (Å²) in [6.45, 7) is 0.747. The second-order valence-corrected chi connectivity index (χ2v) is 5.44. The quantitative estimate of drug-likeness (QED) is 0.633. The molecule has 1 fully saturated rings. The van der Waals surface area contributed by atoms with Crippen LogP contribution in [0.4, 0.5) is 0 Å². The molecule has 0 bridgehead atoms. The lowest BCUT2D eigenvalue weighted by molar-refractivity contribution is 0.418. The summed E-state index contributed by atoms with van der Waals surface area (Å²) >= 11 is 4.65. The van der Waals surface area contributed by atoms with Crippen LogP contribution < -0.4 is 5.73 Å². The minimum absolute atomic E-state index is 0.192. The Kier molecular flexibility index (Phi) is 3.03. The van der Waals surface area contributed by atoms with Crippen molar-refractivity contribution in [2.75, 3.05) is 18.8 Å². The van der Waals surface area contributed by atoms with E-state index >= 15 is 0 Å². The fourth-order valence-corrected chi connectivity index (χ4v) is 3.00. The van der Waals surface area contributed by atoms with Gasteiger partial charge < -0.3 is 5.73 Å². The van der Waals surface area contributed by atoms with Gasteiger partial charge in [0.2, 0.25) is 10.0 Å². The van der Waals surface area contributed by atoms with Crippen molar-refractivity contribution in [3.8, 4) is 0 Å². The van der Waals surface area contributed by atoms with Gasteiger partial charge in [-0.25, -0.2) is 8.42 Å². The highest BCUT2D eigenvalue weighted by Crippen LogP contribution is 2.12. The molecular weight excluding hydrogens is 196 g/mol. The van der Waals surface area contributed by atoms with E-state index in [-0.39, 0.29) is 17.3 Å². The maximum atomic E-state index is 11.3. The van der Waals surface area contributed by atoms with E-state index in [1.165, 1.54) is 4.31 Å². The maximum Gasteiger partial charge on any atom is 0.214 e. The SMILES string of the molecule is NC(=S)CN1CCCCS1(=O)=O. The largest absolute Gasteiger partial charge is 0.392 e. The van der Waals surface area contributed by atoms with E-state index < -0.39 is 10.0 Å². The Balaban J connectivity index is 2.67. The number of nitrogens with zero attached hydrogens (tertiary/aromatic N) is 1. The molecule has 1 aliphatic rings. The summed E-state index contributed by atoms with van der Waals surface area (Å²) in [6.07, 6.45) is 1.65. The third kappa shape index (κ3) is 2.40. The summed E-state index contributed by atoms with van der Waals surface area (Å²) in [5, 5.41) is 0. The van der Waals surface area contributed by atoms with Crippen molar-refractivity contribution in [2.45, 2.75) is 12.8 Å². The Labute approximate surface area is 77.8 Å². The van der Waals surface area contributed by atoms with Crippen LogP contribution in [0, 0.1) is 0 Å². The Bertz CT molecular complexity index is 273. The number of rotatable bonds is 2. The van der Waals surface area contributed by atoms with Crippen LogP contribution in [0.15, 0.2) is 0 Å². The van der Waals surface area contributed by atoms with Crippen LogP contribution in [-0.4, -0.2) is 36.6 Å². The first kappa shape index (κ1) is 9.88. The molecule has 0 atom stereocenters. The zero-order valence-electron chi connectivity index (χ0n) is 6.69. The monoisotopic (exact) mass is 208 g/mol. The van der Waals surface area contributed by atoms with Crippen molar-refractivity contribution in [3.05, 3.63) is 0 Å². The van der Waals surface area contributed by atoms with Crippen LogP contribution in [0.3, 0.4) is 0 Å². The van der Waals surface area contributed by atoms with Crippen LogP contribution in [0.5, 0.6) is 0 Å². The minimum atomic E-state index is -3.05. The number of hydrogen-bond acceptors (Lipinski definition) is 3. The van der Waals surface area contributed by atoms with Crippen molar-refractivity contribution >= 4 is 27.2 Å². The predicted molar refractivity (Wildman–Crippen MR) is 51.4 cm³/mol. The first-order chi connectivity index (χ1) is 5.52. The molecule has 0 saturated carbocycles. The first-order valence-corrected chi connectivity index (χ1v) is 5.80. The summed E-state index contributed by atoms with van der Waals surface area (Å²) in [7, 11) is -3.05. The van der Waals surface area contributed by atoms with E-state index in [2.05, 4.69) is 12.2 Å². The van der Waals surface area contributed by atoms with Gasteiger partial charge in [-0.05, 0) is 12.8 Å². The number of sulfonamides is 1. The first-order valence-electron chi connectivity index (χ1n) is 3.78. The molecule has 1 aliphatic heterocycles. The molecule has 1 rings (SSSR count).